The van der Waals surface area contributed by atoms with Crippen molar-refractivity contribution < 1.29 is 18.1 Å². The van der Waals surface area contributed by atoms with E-state index in [-0.39, 0.29) is 4.90 Å². The Morgan fingerprint density at radius 2 is 1.90 bits per heavy atom. The molecule has 5 nitrogen and oxygen atoms in total. The number of halogens is 1. The first-order chi connectivity index (χ1) is 9.95. The molecule has 0 aromatic heterocycles. The molecular formula is C13H11BClNO4S. The molecule has 0 atom stereocenters. The number of nitrogens with one attached hydrogen (secondary N) is 1. The Morgan fingerprint density at radius 3 is 2.62 bits per heavy atom. The van der Waals surface area contributed by atoms with Gasteiger partial charge in [0.1, 0.15) is 0 Å². The van der Waals surface area contributed by atoms with Crippen molar-refractivity contribution in [2.24, 2.45) is 0 Å². The molecule has 0 radical (unpaired) electrons. The highest BCUT2D eigenvalue weighted by atomic mass is 35.5. The van der Waals surface area contributed by atoms with Crippen LogP contribution in [0.15, 0.2) is 47.4 Å². The highest BCUT2D eigenvalue weighted by molar-refractivity contribution is 7.92. The molecule has 0 spiro atoms. The van der Waals surface area contributed by atoms with Crippen molar-refractivity contribution in [2.45, 2.75) is 11.5 Å². The number of anilines is 1. The maximum atomic E-state index is 12.2. The molecule has 0 saturated heterocycles. The van der Waals surface area contributed by atoms with Gasteiger partial charge in [0.2, 0.25) is 0 Å². The van der Waals surface area contributed by atoms with Crippen LogP contribution in [0, 0.1) is 0 Å². The van der Waals surface area contributed by atoms with E-state index in [2.05, 4.69) is 4.72 Å². The van der Waals surface area contributed by atoms with Gasteiger partial charge in [-0.15, -0.1) is 0 Å². The van der Waals surface area contributed by atoms with Gasteiger partial charge in [-0.2, -0.15) is 0 Å². The van der Waals surface area contributed by atoms with E-state index in [1.807, 2.05) is 0 Å². The number of benzene rings is 2. The van der Waals surface area contributed by atoms with Crippen molar-refractivity contribution in [3.8, 4) is 0 Å². The first kappa shape index (κ1) is 14.4. The van der Waals surface area contributed by atoms with Gasteiger partial charge in [0.25, 0.3) is 10.0 Å². The smallest absolute Gasteiger partial charge is 0.423 e. The van der Waals surface area contributed by atoms with Gasteiger partial charge in [0.05, 0.1) is 11.5 Å². The van der Waals surface area contributed by atoms with E-state index in [1.165, 1.54) is 24.3 Å². The predicted octanol–water partition coefficient (Wildman–Crippen LogP) is 1.36. The van der Waals surface area contributed by atoms with Crippen LogP contribution in [0.4, 0.5) is 5.69 Å². The van der Waals surface area contributed by atoms with Crippen LogP contribution in [0.5, 0.6) is 0 Å². The second-order valence-electron chi connectivity index (χ2n) is 4.64. The lowest BCUT2D eigenvalue weighted by molar-refractivity contribution is 0.275. The lowest BCUT2D eigenvalue weighted by Crippen LogP contribution is -2.28. The zero-order valence-corrected chi connectivity index (χ0v) is 12.4. The summed E-state index contributed by atoms with van der Waals surface area (Å²) in [5.74, 6) is 0. The Hall–Kier alpha value is -1.54. The number of sulfonamides is 1. The monoisotopic (exact) mass is 323 g/mol. The van der Waals surface area contributed by atoms with E-state index < -0.39 is 17.1 Å². The van der Waals surface area contributed by atoms with Crippen LogP contribution >= 0.6 is 11.6 Å². The largest absolute Gasteiger partial charge is 0.491 e. The maximum absolute atomic E-state index is 12.2. The van der Waals surface area contributed by atoms with Gasteiger partial charge in [0, 0.05) is 10.7 Å². The van der Waals surface area contributed by atoms with Crippen molar-refractivity contribution in [2.75, 3.05) is 4.72 Å². The minimum Gasteiger partial charge on any atom is -0.423 e. The molecule has 1 aliphatic rings. The van der Waals surface area contributed by atoms with E-state index >= 15 is 0 Å². The summed E-state index contributed by atoms with van der Waals surface area (Å²) in [4.78, 5) is 0.115. The third-order valence-electron chi connectivity index (χ3n) is 3.18. The van der Waals surface area contributed by atoms with Gasteiger partial charge in [-0.05, 0) is 47.4 Å². The summed E-state index contributed by atoms with van der Waals surface area (Å²) in [6, 6.07) is 10.8. The second-order valence-corrected chi connectivity index (χ2v) is 6.76. The minimum atomic E-state index is -3.70. The van der Waals surface area contributed by atoms with E-state index in [1.54, 1.807) is 18.2 Å². The average molecular weight is 324 g/mol. The predicted molar refractivity (Wildman–Crippen MR) is 81.1 cm³/mol. The van der Waals surface area contributed by atoms with Gasteiger partial charge < -0.3 is 9.68 Å². The lowest BCUT2D eigenvalue weighted by Gasteiger charge is -2.09. The maximum Gasteiger partial charge on any atom is 0.491 e. The Labute approximate surface area is 127 Å². The first-order valence-corrected chi connectivity index (χ1v) is 8.03. The van der Waals surface area contributed by atoms with Crippen molar-refractivity contribution in [3.05, 3.63) is 53.1 Å². The van der Waals surface area contributed by atoms with Gasteiger partial charge in [0.15, 0.2) is 0 Å². The van der Waals surface area contributed by atoms with Crippen molar-refractivity contribution >= 4 is 39.9 Å². The SMILES string of the molecule is O=S(=O)(Nc1ccc2c(c1)B(O)OC2)c1ccc(Cl)cc1. The summed E-state index contributed by atoms with van der Waals surface area (Å²) in [5.41, 5.74) is 1.79. The Kier molecular flexibility index (Phi) is 3.67. The molecule has 2 N–H and O–H groups in total. The number of hydrogen-bond donors (Lipinski definition) is 2. The molecule has 0 aliphatic carbocycles. The Morgan fingerprint density at radius 1 is 1.19 bits per heavy atom. The lowest BCUT2D eigenvalue weighted by atomic mass is 9.79. The highest BCUT2D eigenvalue weighted by Crippen LogP contribution is 2.20. The third kappa shape index (κ3) is 2.91. The van der Waals surface area contributed by atoms with Crippen LogP contribution in [0.25, 0.3) is 0 Å². The molecule has 2 aromatic carbocycles. The molecule has 108 valence electrons. The molecule has 0 unspecified atom stereocenters. The molecule has 21 heavy (non-hydrogen) atoms. The molecular weight excluding hydrogens is 312 g/mol. The van der Waals surface area contributed by atoms with E-state index in [9.17, 15) is 13.4 Å². The van der Waals surface area contributed by atoms with Crippen LogP contribution in [-0.4, -0.2) is 20.6 Å². The zero-order valence-electron chi connectivity index (χ0n) is 10.8. The van der Waals surface area contributed by atoms with Crippen LogP contribution in [-0.2, 0) is 21.3 Å². The van der Waals surface area contributed by atoms with Crippen molar-refractivity contribution in [1.82, 2.24) is 0 Å². The molecule has 1 heterocycles. The van der Waals surface area contributed by atoms with Crippen LogP contribution < -0.4 is 10.2 Å². The fraction of sp³-hybridized carbons (Fsp3) is 0.0769. The van der Waals surface area contributed by atoms with E-state index in [0.29, 0.717) is 22.8 Å². The second kappa shape index (κ2) is 5.34. The highest BCUT2D eigenvalue weighted by Gasteiger charge is 2.27. The topological polar surface area (TPSA) is 75.6 Å². The summed E-state index contributed by atoms with van der Waals surface area (Å²) in [6.45, 7) is 0.320. The van der Waals surface area contributed by atoms with Crippen LogP contribution in [0.3, 0.4) is 0 Å². The fourth-order valence-corrected chi connectivity index (χ4v) is 3.28. The molecule has 0 saturated carbocycles. The standard InChI is InChI=1S/C13H11BClNO4S/c15-10-2-5-12(6-3-10)21(18,19)16-11-4-1-9-8-20-14(17)13(9)7-11/h1-7,16-17H,8H2. The molecule has 1 aliphatic heterocycles. The van der Waals surface area contributed by atoms with E-state index in [0.717, 1.165) is 5.56 Å². The van der Waals surface area contributed by atoms with E-state index in [4.69, 9.17) is 16.3 Å². The molecule has 3 rings (SSSR count). The van der Waals surface area contributed by atoms with Crippen molar-refractivity contribution in [1.29, 1.82) is 0 Å². The first-order valence-electron chi connectivity index (χ1n) is 6.16. The van der Waals surface area contributed by atoms with Crippen LogP contribution in [0.2, 0.25) is 5.02 Å². The summed E-state index contributed by atoms with van der Waals surface area (Å²) < 4.78 is 32.0. The van der Waals surface area contributed by atoms with Crippen LogP contribution in [0.1, 0.15) is 5.56 Å². The summed E-state index contributed by atoms with van der Waals surface area (Å²) in [6.07, 6.45) is 0. The number of hydrogen-bond acceptors (Lipinski definition) is 4. The molecule has 8 heteroatoms. The summed E-state index contributed by atoms with van der Waals surface area (Å²) in [5, 5.41) is 10.1. The number of fused-ring (bicyclic) bond motifs is 1. The van der Waals surface area contributed by atoms with Gasteiger partial charge in [-0.25, -0.2) is 8.42 Å². The quantitative estimate of drug-likeness (QED) is 0.836. The molecule has 0 fully saturated rings. The van der Waals surface area contributed by atoms with Crippen molar-refractivity contribution in [3.63, 3.8) is 0 Å². The summed E-state index contributed by atoms with van der Waals surface area (Å²) >= 11 is 5.75. The Bertz CT molecular complexity index is 779. The third-order valence-corrected chi connectivity index (χ3v) is 4.83. The average Bonchev–Trinajstić information content (AvgIpc) is 2.80. The summed E-state index contributed by atoms with van der Waals surface area (Å²) in [7, 11) is -4.71. The van der Waals surface area contributed by atoms with Gasteiger partial charge >= 0.3 is 7.12 Å². The Balaban J connectivity index is 1.89. The number of rotatable bonds is 3. The zero-order chi connectivity index (χ0) is 15.0. The molecule has 2 aromatic rings. The molecule has 0 amide bonds. The van der Waals surface area contributed by atoms with Gasteiger partial charge in [-0.3, -0.25) is 4.72 Å². The minimum absolute atomic E-state index is 0.115. The molecule has 0 bridgehead atoms. The normalized spacial score (nSPS) is 14.1. The van der Waals surface area contributed by atoms with Gasteiger partial charge in [-0.1, -0.05) is 17.7 Å². The fourth-order valence-electron chi connectivity index (χ4n) is 2.11.